The molecule has 0 aromatic rings. The summed E-state index contributed by atoms with van der Waals surface area (Å²) >= 11 is 0. The lowest BCUT2D eigenvalue weighted by Gasteiger charge is -2.19. The van der Waals surface area contributed by atoms with Gasteiger partial charge in [0.25, 0.3) is 0 Å². The van der Waals surface area contributed by atoms with Crippen molar-refractivity contribution in [2.45, 2.75) is 44.9 Å². The van der Waals surface area contributed by atoms with E-state index in [1.54, 1.807) is 13.0 Å². The van der Waals surface area contributed by atoms with Crippen LogP contribution in [0.4, 0.5) is 0 Å². The van der Waals surface area contributed by atoms with Crippen molar-refractivity contribution in [1.29, 1.82) is 5.26 Å². The number of carbonyl (C=O) groups excluding carboxylic acids is 1. The number of nitrogens with one attached hydrogen (secondary N) is 1. The van der Waals surface area contributed by atoms with Crippen molar-refractivity contribution in [2.24, 2.45) is 5.92 Å². The Morgan fingerprint density at radius 1 is 1.44 bits per heavy atom. The Hall–Kier alpha value is -1.13. The smallest absolute Gasteiger partial charge is 0.323 e. The molecule has 0 aromatic carbocycles. The Kier molecular flexibility index (Phi) is 6.88. The molecular weight excluding hydrogens is 256 g/mol. The largest absolute Gasteiger partial charge is 0.468 e. The van der Waals surface area contributed by atoms with Crippen LogP contribution < -0.4 is 4.72 Å². The second-order valence-corrected chi connectivity index (χ2v) is 6.29. The molecule has 0 saturated heterocycles. The van der Waals surface area contributed by atoms with E-state index in [4.69, 9.17) is 5.26 Å². The van der Waals surface area contributed by atoms with E-state index in [9.17, 15) is 13.2 Å². The summed E-state index contributed by atoms with van der Waals surface area (Å²) in [5.41, 5.74) is 0. The minimum Gasteiger partial charge on any atom is -0.468 e. The highest BCUT2D eigenvalue weighted by atomic mass is 32.2. The van der Waals surface area contributed by atoms with Gasteiger partial charge in [0.15, 0.2) is 5.25 Å². The summed E-state index contributed by atoms with van der Waals surface area (Å²) in [6.07, 6.45) is 0.495. The summed E-state index contributed by atoms with van der Waals surface area (Å²) < 4.78 is 30.5. The van der Waals surface area contributed by atoms with Gasteiger partial charge in [-0.25, -0.2) is 8.42 Å². The SMILES string of the molecule is CCC(C#N)S(=O)(=O)NC(CC(C)C)C(=O)OC. The van der Waals surface area contributed by atoms with Gasteiger partial charge in [0.2, 0.25) is 10.0 Å². The minimum absolute atomic E-state index is 0.124. The molecule has 0 aliphatic heterocycles. The van der Waals surface area contributed by atoms with Crippen molar-refractivity contribution >= 4 is 16.0 Å². The van der Waals surface area contributed by atoms with Crippen molar-refractivity contribution in [3.05, 3.63) is 0 Å². The number of esters is 1. The van der Waals surface area contributed by atoms with E-state index in [2.05, 4.69) is 9.46 Å². The third kappa shape index (κ3) is 5.02. The quantitative estimate of drug-likeness (QED) is 0.694. The Morgan fingerprint density at radius 2 is 2.00 bits per heavy atom. The summed E-state index contributed by atoms with van der Waals surface area (Å²) in [5, 5.41) is 7.61. The van der Waals surface area contributed by atoms with Crippen LogP contribution in [0, 0.1) is 17.2 Å². The van der Waals surface area contributed by atoms with Crippen LogP contribution in [-0.4, -0.2) is 32.8 Å². The van der Waals surface area contributed by atoms with Crippen LogP contribution >= 0.6 is 0 Å². The third-order valence-electron chi connectivity index (χ3n) is 2.39. The van der Waals surface area contributed by atoms with Gasteiger partial charge in [-0.15, -0.1) is 0 Å². The Morgan fingerprint density at radius 3 is 2.33 bits per heavy atom. The van der Waals surface area contributed by atoms with E-state index in [1.807, 2.05) is 13.8 Å². The molecule has 18 heavy (non-hydrogen) atoms. The van der Waals surface area contributed by atoms with E-state index in [1.165, 1.54) is 7.11 Å². The van der Waals surface area contributed by atoms with Crippen LogP contribution in [0.1, 0.15) is 33.6 Å². The molecule has 0 fully saturated rings. The number of nitriles is 1. The van der Waals surface area contributed by atoms with Crippen molar-refractivity contribution in [1.82, 2.24) is 4.72 Å². The fraction of sp³-hybridized carbons (Fsp3) is 0.818. The molecule has 0 saturated carbocycles. The molecule has 0 aliphatic carbocycles. The number of nitrogens with zero attached hydrogens (tertiary/aromatic N) is 1. The van der Waals surface area contributed by atoms with Crippen LogP contribution in [0.3, 0.4) is 0 Å². The maximum absolute atomic E-state index is 11.9. The molecule has 0 rings (SSSR count). The molecule has 0 aliphatic rings. The molecule has 0 bridgehead atoms. The van der Waals surface area contributed by atoms with E-state index in [0.717, 1.165) is 0 Å². The van der Waals surface area contributed by atoms with E-state index < -0.39 is 27.3 Å². The highest BCUT2D eigenvalue weighted by molar-refractivity contribution is 7.90. The number of rotatable bonds is 7. The Balaban J connectivity index is 4.98. The number of sulfonamides is 1. The second-order valence-electron chi connectivity index (χ2n) is 4.39. The zero-order chi connectivity index (χ0) is 14.3. The topological polar surface area (TPSA) is 96.3 Å². The number of methoxy groups -OCH3 is 1. The average Bonchev–Trinajstić information content (AvgIpc) is 2.27. The molecular formula is C11H20N2O4S. The lowest BCUT2D eigenvalue weighted by molar-refractivity contribution is -0.143. The van der Waals surface area contributed by atoms with Gasteiger partial charge in [-0.3, -0.25) is 4.79 Å². The van der Waals surface area contributed by atoms with Crippen LogP contribution in [-0.2, 0) is 19.6 Å². The fourth-order valence-electron chi connectivity index (χ4n) is 1.47. The van der Waals surface area contributed by atoms with Gasteiger partial charge in [-0.2, -0.15) is 9.98 Å². The monoisotopic (exact) mass is 276 g/mol. The van der Waals surface area contributed by atoms with Crippen molar-refractivity contribution in [3.63, 3.8) is 0 Å². The van der Waals surface area contributed by atoms with Gasteiger partial charge in [0.1, 0.15) is 6.04 Å². The normalized spacial score (nSPS) is 14.9. The second kappa shape index (κ2) is 7.34. The highest BCUT2D eigenvalue weighted by Crippen LogP contribution is 2.10. The van der Waals surface area contributed by atoms with E-state index >= 15 is 0 Å². The lowest BCUT2D eigenvalue weighted by atomic mass is 10.1. The number of hydrogen-bond donors (Lipinski definition) is 1. The molecule has 0 amide bonds. The van der Waals surface area contributed by atoms with Crippen molar-refractivity contribution in [2.75, 3.05) is 7.11 Å². The summed E-state index contributed by atoms with van der Waals surface area (Å²) in [7, 11) is -2.63. The molecule has 0 heterocycles. The Labute approximate surface area is 108 Å². The molecule has 6 nitrogen and oxygen atoms in total. The van der Waals surface area contributed by atoms with Gasteiger partial charge < -0.3 is 4.74 Å². The summed E-state index contributed by atoms with van der Waals surface area (Å²) in [6, 6.07) is 0.763. The molecule has 0 radical (unpaired) electrons. The first-order valence-electron chi connectivity index (χ1n) is 5.77. The maximum atomic E-state index is 11.9. The molecule has 2 atom stereocenters. The summed E-state index contributed by atoms with van der Waals surface area (Å²) in [5.74, 6) is -0.515. The average molecular weight is 276 g/mol. The zero-order valence-electron chi connectivity index (χ0n) is 11.1. The van der Waals surface area contributed by atoms with Crippen molar-refractivity contribution < 1.29 is 17.9 Å². The number of ether oxygens (including phenoxy) is 1. The van der Waals surface area contributed by atoms with Crippen LogP contribution in [0.5, 0.6) is 0 Å². The van der Waals surface area contributed by atoms with Crippen LogP contribution in [0.25, 0.3) is 0 Å². The maximum Gasteiger partial charge on any atom is 0.323 e. The predicted molar refractivity (Wildman–Crippen MR) is 67.0 cm³/mol. The fourth-order valence-corrected chi connectivity index (χ4v) is 2.80. The number of hydrogen-bond acceptors (Lipinski definition) is 5. The minimum atomic E-state index is -3.83. The van der Waals surface area contributed by atoms with E-state index in [-0.39, 0.29) is 12.3 Å². The zero-order valence-corrected chi connectivity index (χ0v) is 12.0. The van der Waals surface area contributed by atoms with Gasteiger partial charge in [0, 0.05) is 0 Å². The summed E-state index contributed by atoms with van der Waals surface area (Å²) in [6.45, 7) is 5.33. The molecule has 1 N–H and O–H groups in total. The first-order valence-corrected chi connectivity index (χ1v) is 7.31. The van der Waals surface area contributed by atoms with Gasteiger partial charge in [0.05, 0.1) is 13.2 Å². The number of carbonyl (C=O) groups is 1. The molecule has 7 heteroatoms. The first-order chi connectivity index (χ1) is 8.28. The van der Waals surface area contributed by atoms with Gasteiger partial charge in [-0.05, 0) is 18.8 Å². The van der Waals surface area contributed by atoms with Gasteiger partial charge >= 0.3 is 5.97 Å². The third-order valence-corrected chi connectivity index (χ3v) is 4.19. The van der Waals surface area contributed by atoms with Gasteiger partial charge in [-0.1, -0.05) is 20.8 Å². The van der Waals surface area contributed by atoms with Crippen molar-refractivity contribution in [3.8, 4) is 6.07 Å². The molecule has 0 spiro atoms. The standard InChI is InChI=1S/C11H20N2O4S/c1-5-9(7-12)18(15,16)13-10(6-8(2)3)11(14)17-4/h8-10,13H,5-6H2,1-4H3. The molecule has 2 unspecified atom stereocenters. The molecule has 104 valence electrons. The molecule has 0 aromatic heterocycles. The summed E-state index contributed by atoms with van der Waals surface area (Å²) in [4.78, 5) is 11.5. The lowest BCUT2D eigenvalue weighted by Crippen LogP contribution is -2.45. The Bertz CT molecular complexity index is 411. The highest BCUT2D eigenvalue weighted by Gasteiger charge is 2.30. The first kappa shape index (κ1) is 16.9. The predicted octanol–water partition coefficient (Wildman–Crippen LogP) is 0.796. The van der Waals surface area contributed by atoms with Crippen LogP contribution in [0.2, 0.25) is 0 Å². The van der Waals surface area contributed by atoms with Crippen LogP contribution in [0.15, 0.2) is 0 Å². The van der Waals surface area contributed by atoms with E-state index in [0.29, 0.717) is 6.42 Å².